The second-order valence-electron chi connectivity index (χ2n) is 6.57. The SMILES string of the molecule is COc1ccc(-c2nc(NC(=O)C[C@H](NC(C)=O)c3ccccc3)sc2C)cc1. The minimum absolute atomic E-state index is 0.125. The molecule has 3 aromatic rings. The number of carbonyl (C=O) groups is 2. The molecule has 2 N–H and O–H groups in total. The number of methoxy groups -OCH3 is 1. The van der Waals surface area contributed by atoms with Crippen LogP contribution in [0.4, 0.5) is 5.13 Å². The fourth-order valence-electron chi connectivity index (χ4n) is 3.01. The van der Waals surface area contributed by atoms with Crippen LogP contribution >= 0.6 is 11.3 Å². The second kappa shape index (κ2) is 9.34. The highest BCUT2D eigenvalue weighted by molar-refractivity contribution is 7.16. The Labute approximate surface area is 173 Å². The first kappa shape index (κ1) is 20.5. The van der Waals surface area contributed by atoms with Crippen LogP contribution < -0.4 is 15.4 Å². The zero-order chi connectivity index (χ0) is 20.8. The number of anilines is 1. The van der Waals surface area contributed by atoms with E-state index in [1.165, 1.54) is 18.3 Å². The van der Waals surface area contributed by atoms with Crippen molar-refractivity contribution in [2.45, 2.75) is 26.3 Å². The van der Waals surface area contributed by atoms with Crippen molar-refractivity contribution in [1.29, 1.82) is 0 Å². The van der Waals surface area contributed by atoms with Gasteiger partial charge in [-0.15, -0.1) is 11.3 Å². The minimum Gasteiger partial charge on any atom is -0.497 e. The summed E-state index contributed by atoms with van der Waals surface area (Å²) in [6.07, 6.45) is 0.125. The normalized spacial score (nSPS) is 11.6. The molecule has 3 rings (SSSR count). The molecule has 6 nitrogen and oxygen atoms in total. The van der Waals surface area contributed by atoms with Gasteiger partial charge in [0.05, 0.1) is 25.3 Å². The average Bonchev–Trinajstić information content (AvgIpc) is 3.07. The molecule has 150 valence electrons. The number of hydrogen-bond donors (Lipinski definition) is 2. The summed E-state index contributed by atoms with van der Waals surface area (Å²) in [6, 6.07) is 16.7. The van der Waals surface area contributed by atoms with Gasteiger partial charge in [-0.25, -0.2) is 4.98 Å². The summed E-state index contributed by atoms with van der Waals surface area (Å²) in [7, 11) is 1.63. The molecule has 0 aliphatic carbocycles. The van der Waals surface area contributed by atoms with E-state index in [2.05, 4.69) is 15.6 Å². The van der Waals surface area contributed by atoms with Crippen molar-refractivity contribution in [3.05, 3.63) is 65.0 Å². The summed E-state index contributed by atoms with van der Waals surface area (Å²) in [5, 5.41) is 6.23. The zero-order valence-electron chi connectivity index (χ0n) is 16.6. The third-order valence-corrected chi connectivity index (χ3v) is 5.26. The number of aromatic nitrogens is 1. The molecule has 0 unspecified atom stereocenters. The highest BCUT2D eigenvalue weighted by Crippen LogP contribution is 2.31. The number of ether oxygens (including phenoxy) is 1. The maximum atomic E-state index is 12.6. The molecular weight excluding hydrogens is 386 g/mol. The van der Waals surface area contributed by atoms with Gasteiger partial charge in [-0.3, -0.25) is 9.59 Å². The van der Waals surface area contributed by atoms with Crippen LogP contribution in [0.5, 0.6) is 5.75 Å². The van der Waals surface area contributed by atoms with Crippen LogP contribution in [0.25, 0.3) is 11.3 Å². The van der Waals surface area contributed by atoms with Gasteiger partial charge >= 0.3 is 0 Å². The molecule has 0 spiro atoms. The van der Waals surface area contributed by atoms with E-state index in [9.17, 15) is 9.59 Å². The molecule has 1 heterocycles. The number of amides is 2. The molecule has 0 saturated heterocycles. The molecule has 0 bridgehead atoms. The van der Waals surface area contributed by atoms with Gasteiger partial charge in [0.1, 0.15) is 5.75 Å². The lowest BCUT2D eigenvalue weighted by Gasteiger charge is -2.17. The van der Waals surface area contributed by atoms with E-state index in [1.54, 1.807) is 7.11 Å². The van der Waals surface area contributed by atoms with Crippen LogP contribution in [0.1, 0.15) is 29.8 Å². The third-order valence-electron chi connectivity index (χ3n) is 4.38. The molecule has 0 fully saturated rings. The molecule has 7 heteroatoms. The summed E-state index contributed by atoms with van der Waals surface area (Å²) < 4.78 is 5.19. The van der Waals surface area contributed by atoms with Crippen LogP contribution in [-0.2, 0) is 9.59 Å². The Kier molecular flexibility index (Phi) is 6.61. The Hall–Kier alpha value is -3.19. The van der Waals surface area contributed by atoms with Crippen molar-refractivity contribution >= 4 is 28.3 Å². The highest BCUT2D eigenvalue weighted by Gasteiger charge is 2.19. The van der Waals surface area contributed by atoms with E-state index in [1.807, 2.05) is 61.5 Å². The Morgan fingerprint density at radius 1 is 1.10 bits per heavy atom. The fourth-order valence-corrected chi connectivity index (χ4v) is 3.86. The average molecular weight is 410 g/mol. The quantitative estimate of drug-likeness (QED) is 0.609. The van der Waals surface area contributed by atoms with Crippen LogP contribution in [0.15, 0.2) is 54.6 Å². The van der Waals surface area contributed by atoms with Crippen molar-refractivity contribution < 1.29 is 14.3 Å². The predicted octanol–water partition coefficient (Wildman–Crippen LogP) is 4.33. The van der Waals surface area contributed by atoms with E-state index in [0.29, 0.717) is 5.13 Å². The largest absolute Gasteiger partial charge is 0.497 e. The van der Waals surface area contributed by atoms with Gasteiger partial charge in [0.15, 0.2) is 5.13 Å². The summed E-state index contributed by atoms with van der Waals surface area (Å²) in [6.45, 7) is 3.41. The molecule has 2 amide bonds. The van der Waals surface area contributed by atoms with Crippen LogP contribution in [0.2, 0.25) is 0 Å². The van der Waals surface area contributed by atoms with Crippen LogP contribution in [0.3, 0.4) is 0 Å². The molecule has 0 radical (unpaired) electrons. The third kappa shape index (κ3) is 5.42. The highest BCUT2D eigenvalue weighted by atomic mass is 32.1. The van der Waals surface area contributed by atoms with E-state index < -0.39 is 6.04 Å². The van der Waals surface area contributed by atoms with Gasteiger partial charge < -0.3 is 15.4 Å². The number of benzene rings is 2. The van der Waals surface area contributed by atoms with Gasteiger partial charge in [-0.1, -0.05) is 30.3 Å². The maximum absolute atomic E-state index is 12.6. The van der Waals surface area contributed by atoms with Gasteiger partial charge in [-0.05, 0) is 36.8 Å². The van der Waals surface area contributed by atoms with Crippen molar-refractivity contribution in [3.8, 4) is 17.0 Å². The number of hydrogen-bond acceptors (Lipinski definition) is 5. The van der Waals surface area contributed by atoms with Gasteiger partial charge in [0, 0.05) is 17.4 Å². The Balaban J connectivity index is 1.72. The lowest BCUT2D eigenvalue weighted by atomic mass is 10.0. The van der Waals surface area contributed by atoms with Gasteiger partial charge in [0.25, 0.3) is 0 Å². The van der Waals surface area contributed by atoms with Gasteiger partial charge in [0.2, 0.25) is 11.8 Å². The molecule has 1 aromatic heterocycles. The molecule has 0 aliphatic rings. The van der Waals surface area contributed by atoms with Crippen molar-refractivity contribution in [2.75, 3.05) is 12.4 Å². The number of thiazole rings is 1. The standard InChI is InChI=1S/C22H23N3O3S/c1-14-21(17-9-11-18(28-3)12-10-17)25-22(29-14)24-20(27)13-19(23-15(2)26)16-7-5-4-6-8-16/h4-12,19H,13H2,1-3H3,(H,23,26)(H,24,25,27)/t19-/m0/s1. The Bertz CT molecular complexity index is 984. The number of rotatable bonds is 7. The maximum Gasteiger partial charge on any atom is 0.228 e. The van der Waals surface area contributed by atoms with E-state index in [0.717, 1.165) is 27.4 Å². The van der Waals surface area contributed by atoms with Crippen molar-refractivity contribution in [1.82, 2.24) is 10.3 Å². The molecular formula is C22H23N3O3S. The molecule has 0 aliphatic heterocycles. The topological polar surface area (TPSA) is 80.3 Å². The van der Waals surface area contributed by atoms with Gasteiger partial charge in [-0.2, -0.15) is 0 Å². The van der Waals surface area contributed by atoms with E-state index >= 15 is 0 Å². The first-order chi connectivity index (χ1) is 14.0. The number of aryl methyl sites for hydroxylation is 1. The fraction of sp³-hybridized carbons (Fsp3) is 0.227. The Morgan fingerprint density at radius 2 is 1.79 bits per heavy atom. The first-order valence-corrected chi connectivity index (χ1v) is 10.0. The summed E-state index contributed by atoms with van der Waals surface area (Å²) >= 11 is 1.42. The van der Waals surface area contributed by atoms with E-state index in [-0.39, 0.29) is 18.2 Å². The predicted molar refractivity (Wildman–Crippen MR) is 115 cm³/mol. The number of nitrogens with zero attached hydrogens (tertiary/aromatic N) is 1. The molecule has 2 aromatic carbocycles. The second-order valence-corrected chi connectivity index (χ2v) is 7.77. The zero-order valence-corrected chi connectivity index (χ0v) is 17.4. The Morgan fingerprint density at radius 3 is 2.41 bits per heavy atom. The van der Waals surface area contributed by atoms with E-state index in [4.69, 9.17) is 4.74 Å². The molecule has 29 heavy (non-hydrogen) atoms. The monoisotopic (exact) mass is 409 g/mol. The van der Waals surface area contributed by atoms with Crippen LogP contribution in [-0.4, -0.2) is 23.9 Å². The van der Waals surface area contributed by atoms with Crippen molar-refractivity contribution in [3.63, 3.8) is 0 Å². The minimum atomic E-state index is -0.393. The van der Waals surface area contributed by atoms with Crippen LogP contribution in [0, 0.1) is 6.92 Å². The molecule has 1 atom stereocenters. The number of carbonyl (C=O) groups excluding carboxylic acids is 2. The van der Waals surface area contributed by atoms with Crippen molar-refractivity contribution in [2.24, 2.45) is 0 Å². The smallest absolute Gasteiger partial charge is 0.228 e. The lowest BCUT2D eigenvalue weighted by molar-refractivity contribution is -0.120. The summed E-state index contributed by atoms with van der Waals surface area (Å²) in [5.74, 6) is 0.390. The summed E-state index contributed by atoms with van der Waals surface area (Å²) in [5.41, 5.74) is 2.67. The molecule has 0 saturated carbocycles. The first-order valence-electron chi connectivity index (χ1n) is 9.20. The summed E-state index contributed by atoms with van der Waals surface area (Å²) in [4.78, 5) is 29.7. The lowest BCUT2D eigenvalue weighted by Crippen LogP contribution is -2.29. The number of nitrogens with one attached hydrogen (secondary N) is 2.